The molecule has 7 nitrogen and oxygen atoms in total. The minimum atomic E-state index is 0.576. The Bertz CT molecular complexity index is 931. The lowest BCUT2D eigenvalue weighted by Gasteiger charge is -2.17. The molecule has 7 heteroatoms. The van der Waals surface area contributed by atoms with Gasteiger partial charge in [-0.2, -0.15) is 10.1 Å². The Morgan fingerprint density at radius 3 is 2.81 bits per heavy atom. The number of aromatic nitrogens is 3. The highest BCUT2D eigenvalue weighted by Gasteiger charge is 2.22. The maximum Gasteiger partial charge on any atom is 0.251 e. The minimum absolute atomic E-state index is 0.576. The molecular formula is C19H19N5O2. The predicted octanol–water partition coefficient (Wildman–Crippen LogP) is 3.33. The third-order valence-corrected chi connectivity index (χ3v) is 4.35. The number of para-hydroxylation sites is 1. The molecular weight excluding hydrogens is 330 g/mol. The maximum absolute atomic E-state index is 5.42. The van der Waals surface area contributed by atoms with Crippen LogP contribution in [0.25, 0.3) is 0 Å². The fourth-order valence-electron chi connectivity index (χ4n) is 3.05. The number of benzene rings is 2. The predicted molar refractivity (Wildman–Crippen MR) is 99.8 cm³/mol. The summed E-state index contributed by atoms with van der Waals surface area (Å²) in [5, 5.41) is 11.6. The first-order valence-corrected chi connectivity index (χ1v) is 8.32. The number of nitrogens with zero attached hydrogens (tertiary/aromatic N) is 4. The zero-order valence-electron chi connectivity index (χ0n) is 14.6. The van der Waals surface area contributed by atoms with Gasteiger partial charge in [0.25, 0.3) is 5.95 Å². The lowest BCUT2D eigenvalue weighted by Crippen LogP contribution is -2.17. The van der Waals surface area contributed by atoms with Crippen molar-refractivity contribution >= 4 is 23.1 Å². The third kappa shape index (κ3) is 2.99. The van der Waals surface area contributed by atoms with E-state index in [0.29, 0.717) is 17.5 Å². The molecule has 1 N–H and O–H groups in total. The van der Waals surface area contributed by atoms with Crippen molar-refractivity contribution in [2.45, 2.75) is 6.42 Å². The molecule has 0 saturated heterocycles. The van der Waals surface area contributed by atoms with Crippen LogP contribution < -0.4 is 19.7 Å². The molecule has 2 aromatic carbocycles. The van der Waals surface area contributed by atoms with Crippen LogP contribution in [-0.4, -0.2) is 35.9 Å². The van der Waals surface area contributed by atoms with E-state index < -0.39 is 0 Å². The van der Waals surface area contributed by atoms with E-state index in [9.17, 15) is 0 Å². The van der Waals surface area contributed by atoms with Crippen molar-refractivity contribution in [2.75, 3.05) is 31.0 Å². The Hall–Kier alpha value is -3.35. The topological polar surface area (TPSA) is 72.4 Å². The molecule has 4 rings (SSSR count). The first kappa shape index (κ1) is 16.1. The zero-order chi connectivity index (χ0) is 17.9. The van der Waals surface area contributed by atoms with Crippen LogP contribution in [0, 0.1) is 0 Å². The summed E-state index contributed by atoms with van der Waals surface area (Å²) in [6, 6.07) is 13.8. The molecule has 0 unspecified atom stereocenters. The molecule has 0 radical (unpaired) electrons. The van der Waals surface area contributed by atoms with Gasteiger partial charge in [-0.05, 0) is 30.2 Å². The van der Waals surface area contributed by atoms with Crippen LogP contribution in [0.5, 0.6) is 11.5 Å². The normalized spacial score (nSPS) is 12.6. The minimum Gasteiger partial charge on any atom is -0.497 e. The molecule has 1 aromatic heterocycles. The molecule has 1 aliphatic rings. The van der Waals surface area contributed by atoms with Crippen LogP contribution in [0.15, 0.2) is 48.7 Å². The highest BCUT2D eigenvalue weighted by atomic mass is 16.5. The van der Waals surface area contributed by atoms with Gasteiger partial charge in [0.05, 0.1) is 26.1 Å². The second-order valence-electron chi connectivity index (χ2n) is 5.86. The Kier molecular flexibility index (Phi) is 4.27. The van der Waals surface area contributed by atoms with Gasteiger partial charge in [-0.15, -0.1) is 5.10 Å². The fourth-order valence-corrected chi connectivity index (χ4v) is 3.05. The van der Waals surface area contributed by atoms with Crippen molar-refractivity contribution < 1.29 is 9.47 Å². The highest BCUT2D eigenvalue weighted by molar-refractivity contribution is 5.68. The number of rotatable bonds is 5. The number of nitrogens with one attached hydrogen (secondary N) is 1. The van der Waals surface area contributed by atoms with Crippen molar-refractivity contribution in [2.24, 2.45) is 0 Å². The molecule has 0 fully saturated rings. The van der Waals surface area contributed by atoms with Gasteiger partial charge in [-0.25, -0.2) is 0 Å². The standard InChI is InChI=1S/C19H19N5O2/c1-25-14-7-8-15(17(11-14)26-2)21-18-12-20-23-19(22-18)24-10-9-13-5-3-4-6-16(13)24/h3-8,11-12H,9-10H2,1-2H3,(H,21,22,23). The Morgan fingerprint density at radius 2 is 1.96 bits per heavy atom. The van der Waals surface area contributed by atoms with Gasteiger partial charge in [0, 0.05) is 18.3 Å². The quantitative estimate of drug-likeness (QED) is 0.757. The average molecular weight is 349 g/mol. The lowest BCUT2D eigenvalue weighted by molar-refractivity contribution is 0.395. The van der Waals surface area contributed by atoms with Crippen molar-refractivity contribution in [3.8, 4) is 11.5 Å². The van der Waals surface area contributed by atoms with Gasteiger partial charge < -0.3 is 19.7 Å². The largest absolute Gasteiger partial charge is 0.497 e. The first-order valence-electron chi connectivity index (χ1n) is 8.32. The number of fused-ring (bicyclic) bond motifs is 1. The van der Waals surface area contributed by atoms with E-state index >= 15 is 0 Å². The van der Waals surface area contributed by atoms with Crippen LogP contribution in [0.4, 0.5) is 23.1 Å². The Labute approximate surface area is 151 Å². The summed E-state index contributed by atoms with van der Waals surface area (Å²) in [7, 11) is 3.24. The van der Waals surface area contributed by atoms with E-state index in [2.05, 4.69) is 43.6 Å². The second kappa shape index (κ2) is 6.87. The summed E-state index contributed by atoms with van der Waals surface area (Å²) >= 11 is 0. The van der Waals surface area contributed by atoms with Gasteiger partial charge in [-0.1, -0.05) is 18.2 Å². The number of methoxy groups -OCH3 is 2. The van der Waals surface area contributed by atoms with E-state index in [1.807, 2.05) is 24.3 Å². The zero-order valence-corrected chi connectivity index (χ0v) is 14.6. The summed E-state index contributed by atoms with van der Waals surface area (Å²) in [4.78, 5) is 6.70. The van der Waals surface area contributed by atoms with Crippen LogP contribution >= 0.6 is 0 Å². The highest BCUT2D eigenvalue weighted by Crippen LogP contribution is 2.34. The molecule has 3 aromatic rings. The van der Waals surface area contributed by atoms with Crippen LogP contribution in [0.2, 0.25) is 0 Å². The summed E-state index contributed by atoms with van der Waals surface area (Å²) < 4.78 is 10.6. The lowest BCUT2D eigenvalue weighted by atomic mass is 10.2. The van der Waals surface area contributed by atoms with Gasteiger partial charge >= 0.3 is 0 Å². The van der Waals surface area contributed by atoms with E-state index in [1.54, 1.807) is 20.4 Å². The van der Waals surface area contributed by atoms with Crippen LogP contribution in [-0.2, 0) is 6.42 Å². The second-order valence-corrected chi connectivity index (χ2v) is 5.86. The van der Waals surface area contributed by atoms with E-state index in [-0.39, 0.29) is 0 Å². The summed E-state index contributed by atoms with van der Waals surface area (Å²) in [5.74, 6) is 2.56. The molecule has 0 aliphatic carbocycles. The van der Waals surface area contributed by atoms with E-state index in [1.165, 1.54) is 5.56 Å². The van der Waals surface area contributed by atoms with Gasteiger partial charge in [-0.3, -0.25) is 0 Å². The number of hydrogen-bond acceptors (Lipinski definition) is 7. The molecule has 2 heterocycles. The smallest absolute Gasteiger partial charge is 0.251 e. The molecule has 1 aliphatic heterocycles. The number of anilines is 4. The van der Waals surface area contributed by atoms with Crippen molar-refractivity contribution in [1.82, 2.24) is 15.2 Å². The third-order valence-electron chi connectivity index (χ3n) is 4.35. The van der Waals surface area contributed by atoms with Crippen molar-refractivity contribution in [3.63, 3.8) is 0 Å². The molecule has 0 bridgehead atoms. The Balaban J connectivity index is 1.61. The molecule has 0 amide bonds. The summed E-state index contributed by atoms with van der Waals surface area (Å²) in [6.45, 7) is 0.844. The molecule has 132 valence electrons. The Morgan fingerprint density at radius 1 is 1.08 bits per heavy atom. The van der Waals surface area contributed by atoms with Gasteiger partial charge in [0.2, 0.25) is 0 Å². The van der Waals surface area contributed by atoms with Crippen LogP contribution in [0.3, 0.4) is 0 Å². The maximum atomic E-state index is 5.42. The molecule has 26 heavy (non-hydrogen) atoms. The fraction of sp³-hybridized carbons (Fsp3) is 0.211. The van der Waals surface area contributed by atoms with Crippen molar-refractivity contribution in [3.05, 3.63) is 54.2 Å². The number of hydrogen-bond donors (Lipinski definition) is 1. The first-order chi connectivity index (χ1) is 12.8. The summed E-state index contributed by atoms with van der Waals surface area (Å²) in [6.07, 6.45) is 2.57. The van der Waals surface area contributed by atoms with Crippen molar-refractivity contribution in [1.29, 1.82) is 0 Å². The van der Waals surface area contributed by atoms with E-state index in [4.69, 9.17) is 9.47 Å². The summed E-state index contributed by atoms with van der Waals surface area (Å²) in [5.41, 5.74) is 3.21. The number of ether oxygens (including phenoxy) is 2. The van der Waals surface area contributed by atoms with E-state index in [0.717, 1.165) is 30.1 Å². The van der Waals surface area contributed by atoms with Gasteiger partial charge in [0.15, 0.2) is 5.82 Å². The molecule has 0 atom stereocenters. The van der Waals surface area contributed by atoms with Gasteiger partial charge in [0.1, 0.15) is 11.5 Å². The average Bonchev–Trinajstić information content (AvgIpc) is 3.13. The van der Waals surface area contributed by atoms with Crippen LogP contribution in [0.1, 0.15) is 5.56 Å². The molecule has 0 saturated carbocycles. The monoisotopic (exact) mass is 349 g/mol. The SMILES string of the molecule is COc1ccc(Nc2cnnc(N3CCc4ccccc43)n2)c(OC)c1. The molecule has 0 spiro atoms.